The van der Waals surface area contributed by atoms with Gasteiger partial charge in [-0.05, 0) is 24.3 Å². The van der Waals surface area contributed by atoms with Crippen molar-refractivity contribution >= 4 is 21.8 Å². The maximum Gasteiger partial charge on any atom is 0.303 e. The molecule has 1 aliphatic heterocycles. The third kappa shape index (κ3) is 3.40. The van der Waals surface area contributed by atoms with Gasteiger partial charge in [0.1, 0.15) is 0 Å². The Morgan fingerprint density at radius 2 is 1.64 bits per heavy atom. The number of amides is 1. The highest BCUT2D eigenvalue weighted by molar-refractivity contribution is 7.90. The molecule has 0 atom stereocenters. The lowest BCUT2D eigenvalue weighted by atomic mass is 10.1. The van der Waals surface area contributed by atoms with Gasteiger partial charge in [-0.25, -0.2) is 0 Å². The van der Waals surface area contributed by atoms with Crippen LogP contribution in [0.3, 0.4) is 0 Å². The summed E-state index contributed by atoms with van der Waals surface area (Å²) in [5.74, 6) is -0.0621. The minimum atomic E-state index is -3.53. The summed E-state index contributed by atoms with van der Waals surface area (Å²) in [6.07, 6.45) is 0. The van der Waals surface area contributed by atoms with Crippen molar-refractivity contribution in [3.05, 3.63) is 29.8 Å². The van der Waals surface area contributed by atoms with Crippen LogP contribution in [0.2, 0.25) is 0 Å². The first-order valence-electron chi connectivity index (χ1n) is 6.97. The Morgan fingerprint density at radius 3 is 2.14 bits per heavy atom. The third-order valence-electron chi connectivity index (χ3n) is 3.58. The number of carbonyl (C=O) groups is 1. The highest BCUT2D eigenvalue weighted by Crippen LogP contribution is 2.19. The van der Waals surface area contributed by atoms with Gasteiger partial charge in [0.25, 0.3) is 5.91 Å². The first-order valence-corrected chi connectivity index (χ1v) is 8.37. The Hall–Kier alpha value is -1.64. The molecule has 22 heavy (non-hydrogen) atoms. The van der Waals surface area contributed by atoms with Gasteiger partial charge in [0.15, 0.2) is 0 Å². The molecule has 0 unspecified atom stereocenters. The van der Waals surface area contributed by atoms with Crippen molar-refractivity contribution in [1.29, 1.82) is 0 Å². The summed E-state index contributed by atoms with van der Waals surface area (Å²) in [6.45, 7) is 2.26. The first kappa shape index (κ1) is 16.7. The van der Waals surface area contributed by atoms with Gasteiger partial charge in [0, 0.05) is 39.8 Å². The molecule has 1 heterocycles. The van der Waals surface area contributed by atoms with Gasteiger partial charge in [-0.2, -0.15) is 12.7 Å². The van der Waals surface area contributed by atoms with Gasteiger partial charge >= 0.3 is 10.2 Å². The fraction of sp³-hybridized carbons (Fsp3) is 0.500. The molecule has 1 aromatic rings. The van der Waals surface area contributed by atoms with E-state index in [0.29, 0.717) is 37.6 Å². The molecule has 0 radical (unpaired) electrons. The molecular weight excluding hydrogens is 306 g/mol. The molecule has 122 valence electrons. The topological polar surface area (TPSA) is 70.2 Å². The summed E-state index contributed by atoms with van der Waals surface area (Å²) < 4.78 is 31.7. The molecule has 0 saturated carbocycles. The largest absolute Gasteiger partial charge is 0.378 e. The van der Waals surface area contributed by atoms with Crippen LogP contribution in [0.15, 0.2) is 24.3 Å². The van der Waals surface area contributed by atoms with Crippen molar-refractivity contribution in [3.63, 3.8) is 0 Å². The van der Waals surface area contributed by atoms with Gasteiger partial charge in [-0.15, -0.1) is 0 Å². The summed E-state index contributed by atoms with van der Waals surface area (Å²) in [6, 6.07) is 6.56. The fourth-order valence-corrected chi connectivity index (χ4v) is 3.02. The van der Waals surface area contributed by atoms with Crippen LogP contribution in [-0.2, 0) is 14.9 Å². The summed E-state index contributed by atoms with van der Waals surface area (Å²) >= 11 is 0. The van der Waals surface area contributed by atoms with Crippen molar-refractivity contribution < 1.29 is 17.9 Å². The van der Waals surface area contributed by atoms with Crippen LogP contribution in [0.1, 0.15) is 10.4 Å². The number of rotatable bonds is 4. The van der Waals surface area contributed by atoms with E-state index in [9.17, 15) is 13.2 Å². The quantitative estimate of drug-likeness (QED) is 0.803. The lowest BCUT2D eigenvalue weighted by Crippen LogP contribution is -2.40. The van der Waals surface area contributed by atoms with E-state index in [1.54, 1.807) is 29.2 Å². The van der Waals surface area contributed by atoms with E-state index in [-0.39, 0.29) is 5.91 Å². The Labute approximate surface area is 131 Å². The predicted octanol–water partition coefficient (Wildman–Crippen LogP) is 0.402. The summed E-state index contributed by atoms with van der Waals surface area (Å²) in [5, 5.41) is 0. The molecule has 2 rings (SSSR count). The zero-order valence-corrected chi connectivity index (χ0v) is 13.8. The van der Waals surface area contributed by atoms with Gasteiger partial charge in [0.05, 0.1) is 18.9 Å². The number of ether oxygens (including phenoxy) is 1. The molecule has 8 heteroatoms. The summed E-state index contributed by atoms with van der Waals surface area (Å²) in [7, 11) is 0.900. The molecule has 1 amide bonds. The minimum Gasteiger partial charge on any atom is -0.378 e. The molecule has 0 N–H and O–H groups in total. The number of nitrogens with zero attached hydrogens (tertiary/aromatic N) is 3. The fourth-order valence-electron chi connectivity index (χ4n) is 2.14. The van der Waals surface area contributed by atoms with E-state index < -0.39 is 10.2 Å². The molecule has 1 fully saturated rings. The second-order valence-electron chi connectivity index (χ2n) is 5.21. The molecule has 0 spiro atoms. The van der Waals surface area contributed by atoms with Crippen LogP contribution in [0.4, 0.5) is 5.69 Å². The molecule has 1 saturated heterocycles. The lowest BCUT2D eigenvalue weighted by molar-refractivity contribution is 0.0303. The SMILES string of the molecule is CN(C)S(=O)(=O)N(C)c1ccc(C(=O)N2CCOCC2)cc1. The third-order valence-corrected chi connectivity index (χ3v) is 5.41. The Balaban J connectivity index is 2.15. The van der Waals surface area contributed by atoms with Crippen molar-refractivity contribution in [2.75, 3.05) is 51.8 Å². The second kappa shape index (κ2) is 6.64. The Kier molecular flexibility index (Phi) is 5.05. The molecule has 1 aliphatic rings. The molecular formula is C14H21N3O4S. The molecule has 7 nitrogen and oxygen atoms in total. The van der Waals surface area contributed by atoms with Crippen LogP contribution in [0.5, 0.6) is 0 Å². The first-order chi connectivity index (χ1) is 10.3. The maximum absolute atomic E-state index is 12.3. The smallest absolute Gasteiger partial charge is 0.303 e. The van der Waals surface area contributed by atoms with E-state index in [4.69, 9.17) is 4.74 Å². The summed E-state index contributed by atoms with van der Waals surface area (Å²) in [5.41, 5.74) is 1.05. The van der Waals surface area contributed by atoms with Crippen molar-refractivity contribution in [2.24, 2.45) is 0 Å². The molecule has 0 aromatic heterocycles. The van der Waals surface area contributed by atoms with Gasteiger partial charge in [0.2, 0.25) is 0 Å². The molecule has 0 bridgehead atoms. The highest BCUT2D eigenvalue weighted by atomic mass is 32.2. The minimum absolute atomic E-state index is 0.0621. The van der Waals surface area contributed by atoms with E-state index in [1.807, 2.05) is 0 Å². The van der Waals surface area contributed by atoms with Crippen LogP contribution < -0.4 is 4.31 Å². The van der Waals surface area contributed by atoms with Crippen LogP contribution >= 0.6 is 0 Å². The van der Waals surface area contributed by atoms with Crippen molar-refractivity contribution in [2.45, 2.75) is 0 Å². The standard InChI is InChI=1S/C14H21N3O4S/c1-15(2)22(19,20)16(3)13-6-4-12(5-7-13)14(18)17-8-10-21-11-9-17/h4-7H,8-11H2,1-3H3. The number of hydrogen-bond donors (Lipinski definition) is 0. The van der Waals surface area contributed by atoms with Gasteiger partial charge < -0.3 is 9.64 Å². The highest BCUT2D eigenvalue weighted by Gasteiger charge is 2.22. The number of morpholine rings is 1. The van der Waals surface area contributed by atoms with Crippen molar-refractivity contribution in [3.8, 4) is 0 Å². The molecule has 0 aliphatic carbocycles. The number of carbonyl (C=O) groups excluding carboxylic acids is 1. The predicted molar refractivity (Wildman–Crippen MR) is 84.2 cm³/mol. The summed E-state index contributed by atoms with van der Waals surface area (Å²) in [4.78, 5) is 14.1. The van der Waals surface area contributed by atoms with E-state index in [1.165, 1.54) is 25.4 Å². The van der Waals surface area contributed by atoms with Crippen LogP contribution in [0, 0.1) is 0 Å². The van der Waals surface area contributed by atoms with Gasteiger partial charge in [-0.3, -0.25) is 9.10 Å². The van der Waals surface area contributed by atoms with Crippen LogP contribution in [0.25, 0.3) is 0 Å². The van der Waals surface area contributed by atoms with E-state index in [0.717, 1.165) is 4.31 Å². The normalized spacial score (nSPS) is 15.9. The Bertz CT molecular complexity index is 622. The Morgan fingerprint density at radius 1 is 1.09 bits per heavy atom. The average molecular weight is 327 g/mol. The maximum atomic E-state index is 12.3. The lowest BCUT2D eigenvalue weighted by Gasteiger charge is -2.27. The monoisotopic (exact) mass is 327 g/mol. The number of hydrogen-bond acceptors (Lipinski definition) is 4. The van der Waals surface area contributed by atoms with Crippen LogP contribution in [-0.4, -0.2) is 71.0 Å². The average Bonchev–Trinajstić information content (AvgIpc) is 2.54. The van der Waals surface area contributed by atoms with Gasteiger partial charge in [-0.1, -0.05) is 0 Å². The van der Waals surface area contributed by atoms with E-state index in [2.05, 4.69) is 0 Å². The molecule has 1 aromatic carbocycles. The zero-order chi connectivity index (χ0) is 16.3. The zero-order valence-electron chi connectivity index (χ0n) is 13.0. The van der Waals surface area contributed by atoms with E-state index >= 15 is 0 Å². The number of benzene rings is 1. The number of anilines is 1. The second-order valence-corrected chi connectivity index (χ2v) is 7.38. The van der Waals surface area contributed by atoms with Crippen molar-refractivity contribution in [1.82, 2.24) is 9.21 Å².